The number of hydrogen-bond acceptors (Lipinski definition) is 5. The van der Waals surface area contributed by atoms with E-state index in [2.05, 4.69) is 63.9 Å². The molecule has 5 aromatic rings. The van der Waals surface area contributed by atoms with Crippen molar-refractivity contribution in [2.45, 2.75) is 108 Å². The number of nitrogens with zero attached hydrogens (tertiary/aromatic N) is 6. The number of hydrogen-bond donors (Lipinski definition) is 0. The van der Waals surface area contributed by atoms with Gasteiger partial charge in [0.15, 0.2) is 0 Å². The molecule has 2 aromatic heterocycles. The number of likely N-dealkylation sites (N-methyl/N-ethyl adjacent to an activating group) is 1. The van der Waals surface area contributed by atoms with Gasteiger partial charge in [0.25, 0.3) is 11.8 Å². The van der Waals surface area contributed by atoms with Crippen LogP contribution in [0.25, 0.3) is 0 Å². The molecular formula is C52H60ClF3N6O3. The quantitative estimate of drug-likeness (QED) is 0.163. The fourth-order valence-electron chi connectivity index (χ4n) is 11.1. The normalized spacial score (nSPS) is 19.5. The van der Waals surface area contributed by atoms with Crippen LogP contribution in [0, 0.1) is 6.92 Å². The van der Waals surface area contributed by atoms with Crippen molar-refractivity contribution in [3.63, 3.8) is 0 Å². The number of likely N-dealkylation sites (tertiary alicyclic amines) is 2. The van der Waals surface area contributed by atoms with Gasteiger partial charge in [-0.25, -0.2) is 0 Å². The van der Waals surface area contributed by atoms with Crippen molar-refractivity contribution < 1.29 is 27.5 Å². The van der Waals surface area contributed by atoms with Gasteiger partial charge in [0.1, 0.15) is 16.6 Å². The summed E-state index contributed by atoms with van der Waals surface area (Å²) in [6.45, 7) is 11.3. The lowest BCUT2D eigenvalue weighted by Crippen LogP contribution is -2.58. The number of carbonyl (C=O) groups is 2. The smallest absolute Gasteiger partial charge is 0.431 e. The van der Waals surface area contributed by atoms with Crippen LogP contribution < -0.4 is 4.74 Å². The molecular weight excluding hydrogens is 849 g/mol. The Labute approximate surface area is 385 Å². The van der Waals surface area contributed by atoms with Gasteiger partial charge in [-0.3, -0.25) is 19.4 Å². The Bertz CT molecular complexity index is 2500. The Balaban J connectivity index is 0.000000165. The molecule has 0 atom stereocenters. The zero-order valence-electron chi connectivity index (χ0n) is 37.9. The van der Waals surface area contributed by atoms with E-state index < -0.39 is 17.4 Å². The Morgan fingerprint density at radius 2 is 1.26 bits per heavy atom. The van der Waals surface area contributed by atoms with E-state index in [-0.39, 0.29) is 23.5 Å². The van der Waals surface area contributed by atoms with Crippen molar-refractivity contribution in [3.05, 3.63) is 147 Å². The van der Waals surface area contributed by atoms with E-state index in [0.717, 1.165) is 86.0 Å². The van der Waals surface area contributed by atoms with Gasteiger partial charge in [-0.05, 0) is 144 Å². The SMILES string of the molecule is CN1CCn2c(Cl)ccc2C12CCN(C(=O)c1ccc(Cc3ccccc3)cc1)CC2.Cc1cc(C(=O)N2CCC3(CC2)c2ccc(C(F)(F)F)n2CCN3C2CC2)ccc1OC(C)C. The molecule has 0 N–H and O–H groups in total. The predicted molar refractivity (Wildman–Crippen MR) is 247 cm³/mol. The third-order valence-electron chi connectivity index (χ3n) is 14.6. The van der Waals surface area contributed by atoms with Gasteiger partial charge < -0.3 is 23.7 Å². The average Bonchev–Trinajstić information content (AvgIpc) is 3.91. The third-order valence-corrected chi connectivity index (χ3v) is 15.0. The van der Waals surface area contributed by atoms with Crippen molar-refractivity contribution >= 4 is 23.4 Å². The molecule has 13 heteroatoms. The summed E-state index contributed by atoms with van der Waals surface area (Å²) in [4.78, 5) is 35.2. The summed E-state index contributed by atoms with van der Waals surface area (Å²) in [5.74, 6) is 0.870. The number of aromatic nitrogens is 2. The van der Waals surface area contributed by atoms with Crippen LogP contribution in [0.4, 0.5) is 13.2 Å². The fraction of sp³-hybridized carbons (Fsp3) is 0.462. The number of benzene rings is 3. The fourth-order valence-corrected chi connectivity index (χ4v) is 11.3. The van der Waals surface area contributed by atoms with Gasteiger partial charge in [0.2, 0.25) is 0 Å². The first-order valence-electron chi connectivity index (χ1n) is 23.3. The molecule has 2 saturated heterocycles. The largest absolute Gasteiger partial charge is 0.491 e. The van der Waals surface area contributed by atoms with Crippen molar-refractivity contribution in [1.29, 1.82) is 0 Å². The van der Waals surface area contributed by atoms with E-state index in [1.807, 2.05) is 67.0 Å². The highest BCUT2D eigenvalue weighted by Gasteiger charge is 2.52. The minimum Gasteiger partial charge on any atom is -0.491 e. The molecule has 5 aliphatic rings. The summed E-state index contributed by atoms with van der Waals surface area (Å²) in [6, 6.07) is 31.6. The molecule has 9 nitrogen and oxygen atoms in total. The van der Waals surface area contributed by atoms with Crippen molar-refractivity contribution in [3.8, 4) is 5.75 Å². The Hall–Kier alpha value is -5.04. The van der Waals surface area contributed by atoms with Crippen molar-refractivity contribution in [2.75, 3.05) is 46.3 Å². The third kappa shape index (κ3) is 8.86. The molecule has 65 heavy (non-hydrogen) atoms. The molecule has 0 radical (unpaired) electrons. The van der Waals surface area contributed by atoms with E-state index in [9.17, 15) is 22.8 Å². The molecule has 0 unspecified atom stereocenters. The number of amides is 2. The van der Waals surface area contributed by atoms with Gasteiger partial charge in [-0.1, -0.05) is 54.1 Å². The average molecular weight is 910 g/mol. The lowest BCUT2D eigenvalue weighted by Gasteiger charge is -2.52. The lowest BCUT2D eigenvalue weighted by atomic mass is 9.80. The highest BCUT2D eigenvalue weighted by atomic mass is 35.5. The maximum atomic E-state index is 13.6. The molecule has 3 aromatic carbocycles. The molecule has 344 valence electrons. The first-order chi connectivity index (χ1) is 31.2. The summed E-state index contributed by atoms with van der Waals surface area (Å²) in [7, 11) is 2.20. The molecule has 1 aliphatic carbocycles. The van der Waals surface area contributed by atoms with Gasteiger partial charge in [0.05, 0.1) is 17.2 Å². The lowest BCUT2D eigenvalue weighted by molar-refractivity contribution is -0.145. The second kappa shape index (κ2) is 18.0. The standard InChI is InChI=1S/C26H28ClN3O.C26H32F3N3O2/c1-28-17-18-30-23(11-12-24(30)27)26(28)13-15-29(16-14-26)25(31)22-9-7-21(8-10-22)19-20-5-3-2-4-6-20;1-17(2)34-21-7-4-19(16-18(21)3)24(33)30-12-10-25(11-13-30)22-8-9-23(26(27,28)29)31(22)14-15-32(25)20-5-6-20/h2-12H,13-19H2,1H3;4,7-9,16-17,20H,5-6,10-15H2,1-3H3. The number of carbonyl (C=O) groups excluding carboxylic acids is 2. The maximum Gasteiger partial charge on any atom is 0.431 e. The van der Waals surface area contributed by atoms with Gasteiger partial charge in [-0.2, -0.15) is 13.2 Å². The van der Waals surface area contributed by atoms with Crippen LogP contribution >= 0.6 is 11.6 Å². The first kappa shape index (κ1) is 45.1. The van der Waals surface area contributed by atoms with E-state index in [0.29, 0.717) is 50.6 Å². The number of halogens is 4. The number of piperidine rings is 2. The van der Waals surface area contributed by atoms with E-state index in [4.69, 9.17) is 16.3 Å². The van der Waals surface area contributed by atoms with Crippen molar-refractivity contribution in [1.82, 2.24) is 28.7 Å². The maximum absolute atomic E-state index is 13.6. The van der Waals surface area contributed by atoms with Gasteiger partial charge in [-0.15, -0.1) is 0 Å². The molecule has 6 heterocycles. The van der Waals surface area contributed by atoms with Crippen LogP contribution in [0.3, 0.4) is 0 Å². The Morgan fingerprint density at radius 1 is 0.692 bits per heavy atom. The second-order valence-electron chi connectivity index (χ2n) is 18.9. The molecule has 3 fully saturated rings. The predicted octanol–water partition coefficient (Wildman–Crippen LogP) is 10.0. The van der Waals surface area contributed by atoms with Gasteiger partial charge in [0, 0.05) is 80.9 Å². The summed E-state index contributed by atoms with van der Waals surface area (Å²) in [5.41, 5.74) is 5.84. The summed E-state index contributed by atoms with van der Waals surface area (Å²) < 4.78 is 50.4. The Morgan fingerprint density at radius 3 is 1.88 bits per heavy atom. The molecule has 4 aliphatic heterocycles. The molecule has 10 rings (SSSR count). The number of aryl methyl sites for hydroxylation is 1. The number of ether oxygens (including phenoxy) is 1. The minimum atomic E-state index is -4.36. The summed E-state index contributed by atoms with van der Waals surface area (Å²) in [5, 5.41) is 0.816. The number of rotatable bonds is 7. The minimum absolute atomic E-state index is 0.0261. The van der Waals surface area contributed by atoms with Crippen LogP contribution in [0.15, 0.2) is 97.1 Å². The highest BCUT2D eigenvalue weighted by Crippen LogP contribution is 2.49. The molecule has 2 amide bonds. The van der Waals surface area contributed by atoms with E-state index >= 15 is 0 Å². The zero-order valence-corrected chi connectivity index (χ0v) is 38.7. The number of fused-ring (bicyclic) bond motifs is 4. The molecule has 1 saturated carbocycles. The molecule has 2 spiro atoms. The van der Waals surface area contributed by atoms with E-state index in [1.165, 1.54) is 27.5 Å². The summed E-state index contributed by atoms with van der Waals surface area (Å²) >= 11 is 6.41. The monoisotopic (exact) mass is 908 g/mol. The molecule has 0 bridgehead atoms. The zero-order chi connectivity index (χ0) is 45.7. The van der Waals surface area contributed by atoms with Crippen LogP contribution in [0.1, 0.15) is 107 Å². The first-order valence-corrected chi connectivity index (χ1v) is 23.6. The highest BCUT2D eigenvalue weighted by molar-refractivity contribution is 6.29. The topological polar surface area (TPSA) is 66.2 Å². The van der Waals surface area contributed by atoms with Crippen LogP contribution in [-0.2, 0) is 36.8 Å². The van der Waals surface area contributed by atoms with Crippen molar-refractivity contribution in [2.24, 2.45) is 0 Å². The van der Waals surface area contributed by atoms with Crippen LogP contribution in [0.2, 0.25) is 5.15 Å². The number of alkyl halides is 3. The van der Waals surface area contributed by atoms with Crippen LogP contribution in [-0.4, -0.2) is 99.0 Å². The van der Waals surface area contributed by atoms with Gasteiger partial charge >= 0.3 is 6.18 Å². The van der Waals surface area contributed by atoms with E-state index in [1.54, 1.807) is 12.1 Å². The van der Waals surface area contributed by atoms with Crippen LogP contribution in [0.5, 0.6) is 5.75 Å². The second-order valence-corrected chi connectivity index (χ2v) is 19.3. The Kier molecular flexibility index (Phi) is 12.5. The summed E-state index contributed by atoms with van der Waals surface area (Å²) in [6.07, 6.45) is 1.93.